The third-order valence-corrected chi connectivity index (χ3v) is 4.83. The highest BCUT2D eigenvalue weighted by atomic mass is 16.5. The first-order valence-electron chi connectivity index (χ1n) is 9.62. The van der Waals surface area contributed by atoms with Gasteiger partial charge in [-0.05, 0) is 54.7 Å². The molecule has 0 saturated carbocycles. The lowest BCUT2D eigenvalue weighted by molar-refractivity contribution is -0.122. The van der Waals surface area contributed by atoms with E-state index < -0.39 is 0 Å². The maximum Gasteiger partial charge on any atom is 0.237 e. The van der Waals surface area contributed by atoms with Crippen LogP contribution in [-0.2, 0) is 17.9 Å². The number of hydrogen-bond acceptors (Lipinski definition) is 5. The Kier molecular flexibility index (Phi) is 7.14. The van der Waals surface area contributed by atoms with Crippen molar-refractivity contribution in [3.8, 4) is 17.2 Å². The molecule has 0 bridgehead atoms. The van der Waals surface area contributed by atoms with Crippen molar-refractivity contribution in [1.82, 2.24) is 10.6 Å². The molecule has 2 N–H and O–H groups in total. The number of benzene rings is 2. The van der Waals surface area contributed by atoms with Gasteiger partial charge >= 0.3 is 0 Å². The molecule has 1 amide bonds. The fraction of sp³-hybridized carbons (Fsp3) is 0.409. The minimum absolute atomic E-state index is 0.103. The Labute approximate surface area is 166 Å². The summed E-state index contributed by atoms with van der Waals surface area (Å²) in [7, 11) is 3.26. The van der Waals surface area contributed by atoms with Gasteiger partial charge in [0, 0.05) is 19.2 Å². The first-order chi connectivity index (χ1) is 13.7. The fourth-order valence-corrected chi connectivity index (χ4v) is 3.20. The molecule has 0 aliphatic carbocycles. The summed E-state index contributed by atoms with van der Waals surface area (Å²) in [5, 5.41) is 6.30. The largest absolute Gasteiger partial charge is 0.497 e. The summed E-state index contributed by atoms with van der Waals surface area (Å²) in [5.41, 5.74) is 2.09. The summed E-state index contributed by atoms with van der Waals surface area (Å²) in [5.74, 6) is 2.37. The molecule has 6 nitrogen and oxygen atoms in total. The molecular weight excluding hydrogens is 356 g/mol. The van der Waals surface area contributed by atoms with E-state index in [-0.39, 0.29) is 11.9 Å². The smallest absolute Gasteiger partial charge is 0.237 e. The molecule has 2 aromatic rings. The highest BCUT2D eigenvalue weighted by Gasteiger charge is 2.19. The first-order valence-corrected chi connectivity index (χ1v) is 9.62. The predicted octanol–water partition coefficient (Wildman–Crippen LogP) is 3.04. The Morgan fingerprint density at radius 2 is 1.68 bits per heavy atom. The van der Waals surface area contributed by atoms with Gasteiger partial charge in [-0.25, -0.2) is 0 Å². The molecule has 1 aliphatic heterocycles. The van der Waals surface area contributed by atoms with Crippen LogP contribution in [0.4, 0.5) is 0 Å². The highest BCUT2D eigenvalue weighted by molar-refractivity contribution is 5.81. The number of rotatable bonds is 8. The van der Waals surface area contributed by atoms with Crippen LogP contribution in [0, 0.1) is 0 Å². The number of nitrogens with one attached hydrogen (secondary N) is 2. The van der Waals surface area contributed by atoms with E-state index in [0.29, 0.717) is 13.2 Å². The molecular formula is C22H28N2O4. The molecule has 2 aromatic carbocycles. The van der Waals surface area contributed by atoms with Crippen molar-refractivity contribution in [3.05, 3.63) is 53.6 Å². The van der Waals surface area contributed by atoms with E-state index in [1.165, 1.54) is 0 Å². The summed E-state index contributed by atoms with van der Waals surface area (Å²) in [6.45, 7) is 1.86. The van der Waals surface area contributed by atoms with E-state index >= 15 is 0 Å². The molecule has 28 heavy (non-hydrogen) atoms. The Morgan fingerprint density at radius 1 is 0.964 bits per heavy atom. The summed E-state index contributed by atoms with van der Waals surface area (Å²) < 4.78 is 16.5. The Balaban J connectivity index is 1.52. The van der Waals surface area contributed by atoms with E-state index in [2.05, 4.69) is 10.6 Å². The predicted molar refractivity (Wildman–Crippen MR) is 108 cm³/mol. The van der Waals surface area contributed by atoms with Gasteiger partial charge < -0.3 is 24.8 Å². The van der Waals surface area contributed by atoms with Gasteiger partial charge in [0.2, 0.25) is 5.91 Å². The minimum Gasteiger partial charge on any atom is -0.497 e. The molecule has 0 unspecified atom stereocenters. The number of hydrogen-bond donors (Lipinski definition) is 2. The van der Waals surface area contributed by atoms with Crippen molar-refractivity contribution in [2.45, 2.75) is 38.5 Å². The zero-order chi connectivity index (χ0) is 19.8. The lowest BCUT2D eigenvalue weighted by Crippen LogP contribution is -2.42. The zero-order valence-corrected chi connectivity index (χ0v) is 16.5. The normalized spacial score (nSPS) is 16.8. The molecule has 0 radical (unpaired) electrons. The molecule has 0 spiro atoms. The molecule has 3 rings (SSSR count). The lowest BCUT2D eigenvalue weighted by atomic mass is 10.1. The second-order valence-corrected chi connectivity index (χ2v) is 6.87. The van der Waals surface area contributed by atoms with Crippen molar-refractivity contribution in [1.29, 1.82) is 0 Å². The van der Waals surface area contributed by atoms with Gasteiger partial charge in [0.15, 0.2) is 0 Å². The molecule has 6 heteroatoms. The van der Waals surface area contributed by atoms with E-state index in [1.54, 1.807) is 14.2 Å². The van der Waals surface area contributed by atoms with E-state index in [4.69, 9.17) is 14.2 Å². The maximum absolute atomic E-state index is 12.0. The first kappa shape index (κ1) is 20.0. The molecule has 1 heterocycles. The van der Waals surface area contributed by atoms with Crippen molar-refractivity contribution >= 4 is 5.91 Å². The lowest BCUT2D eigenvalue weighted by Gasteiger charge is -2.15. The quantitative estimate of drug-likeness (QED) is 0.732. The standard InChI is InChI=1S/C22H28N2O4/c1-26-19-11-17(12-20(13-19)27-2)15-28-18-8-6-16(7-9-18)14-24-21-5-3-4-10-23-22(21)25/h6-9,11-13,21,24H,3-5,10,14-15H2,1-2H3,(H,23,25)/t21-/m0/s1. The van der Waals surface area contributed by atoms with Gasteiger partial charge in [0.05, 0.1) is 20.3 Å². The Bertz CT molecular complexity index is 754. The summed E-state index contributed by atoms with van der Waals surface area (Å²) in [4.78, 5) is 12.0. The highest BCUT2D eigenvalue weighted by Crippen LogP contribution is 2.24. The summed E-state index contributed by atoms with van der Waals surface area (Å²) >= 11 is 0. The zero-order valence-electron chi connectivity index (χ0n) is 16.5. The maximum atomic E-state index is 12.0. The van der Waals surface area contributed by atoms with Crippen molar-refractivity contribution in [2.75, 3.05) is 20.8 Å². The monoisotopic (exact) mass is 384 g/mol. The average Bonchev–Trinajstić information content (AvgIpc) is 2.95. The molecule has 1 atom stereocenters. The number of carbonyl (C=O) groups excluding carboxylic acids is 1. The van der Waals surface area contributed by atoms with E-state index in [0.717, 1.165) is 54.2 Å². The van der Waals surface area contributed by atoms with Crippen LogP contribution >= 0.6 is 0 Å². The minimum atomic E-state index is -0.110. The van der Waals surface area contributed by atoms with Crippen LogP contribution in [-0.4, -0.2) is 32.7 Å². The SMILES string of the molecule is COc1cc(COc2ccc(CN[C@H]3CCCCNC3=O)cc2)cc(OC)c1. The number of carbonyl (C=O) groups is 1. The Morgan fingerprint density at radius 3 is 2.36 bits per heavy atom. The van der Waals surface area contributed by atoms with Crippen LogP contribution in [0.15, 0.2) is 42.5 Å². The van der Waals surface area contributed by atoms with Crippen LogP contribution in [0.3, 0.4) is 0 Å². The van der Waals surface area contributed by atoms with Crippen LogP contribution < -0.4 is 24.8 Å². The van der Waals surface area contributed by atoms with Gasteiger partial charge in [-0.15, -0.1) is 0 Å². The molecule has 150 valence electrons. The topological polar surface area (TPSA) is 68.8 Å². The third-order valence-electron chi connectivity index (χ3n) is 4.83. The summed E-state index contributed by atoms with van der Waals surface area (Å²) in [6, 6.07) is 13.5. The summed E-state index contributed by atoms with van der Waals surface area (Å²) in [6.07, 6.45) is 3.00. The van der Waals surface area contributed by atoms with Gasteiger partial charge in [-0.3, -0.25) is 4.79 Å². The number of ether oxygens (including phenoxy) is 3. The second-order valence-electron chi connectivity index (χ2n) is 6.87. The van der Waals surface area contributed by atoms with Gasteiger partial charge in [0.1, 0.15) is 23.9 Å². The number of amides is 1. The third kappa shape index (κ3) is 5.63. The molecule has 1 saturated heterocycles. The van der Waals surface area contributed by atoms with Crippen molar-refractivity contribution < 1.29 is 19.0 Å². The van der Waals surface area contributed by atoms with Crippen LogP contribution in [0.2, 0.25) is 0 Å². The number of methoxy groups -OCH3 is 2. The van der Waals surface area contributed by atoms with E-state index in [9.17, 15) is 4.79 Å². The molecule has 0 aromatic heterocycles. The van der Waals surface area contributed by atoms with Gasteiger partial charge in [-0.2, -0.15) is 0 Å². The van der Waals surface area contributed by atoms with Crippen molar-refractivity contribution in [3.63, 3.8) is 0 Å². The van der Waals surface area contributed by atoms with E-state index in [1.807, 2.05) is 42.5 Å². The Hall–Kier alpha value is -2.73. The van der Waals surface area contributed by atoms with Crippen LogP contribution in [0.25, 0.3) is 0 Å². The molecule has 1 aliphatic rings. The van der Waals surface area contributed by atoms with Gasteiger partial charge in [-0.1, -0.05) is 12.1 Å². The van der Waals surface area contributed by atoms with Crippen LogP contribution in [0.1, 0.15) is 30.4 Å². The van der Waals surface area contributed by atoms with Crippen LogP contribution in [0.5, 0.6) is 17.2 Å². The van der Waals surface area contributed by atoms with Gasteiger partial charge in [0.25, 0.3) is 0 Å². The van der Waals surface area contributed by atoms with Crippen molar-refractivity contribution in [2.24, 2.45) is 0 Å². The fourth-order valence-electron chi connectivity index (χ4n) is 3.20. The molecule has 1 fully saturated rings. The second kappa shape index (κ2) is 9.99. The average molecular weight is 384 g/mol.